The second-order valence-corrected chi connectivity index (χ2v) is 2.04. The Balaban J connectivity index is -0.0000000800. The van der Waals surface area contributed by atoms with E-state index in [0.717, 1.165) is 0 Å². The molecule has 0 rings (SSSR count). The average molecular weight is 180 g/mol. The number of hydrogen-bond donors (Lipinski definition) is 4. The highest BCUT2D eigenvalue weighted by Crippen LogP contribution is 2.25. The van der Waals surface area contributed by atoms with Crippen molar-refractivity contribution in [3.8, 4) is 0 Å². The molecule has 0 radical (unpaired) electrons. The Morgan fingerprint density at radius 2 is 1.22 bits per heavy atom. The van der Waals surface area contributed by atoms with Crippen LogP contribution in [0.25, 0.3) is 0 Å². The monoisotopic (exact) mass is 179 g/mol. The molecule has 0 aliphatic heterocycles. The highest BCUT2D eigenvalue weighted by molar-refractivity contribution is 7.45. The Bertz CT molecular complexity index is 74.4. The maximum atomic E-state index is 8.88. The summed E-state index contributed by atoms with van der Waals surface area (Å²) in [5.41, 5.74) is 0. The van der Waals surface area contributed by atoms with E-state index in [-0.39, 0.29) is 12.4 Å². The number of nitrogens with one attached hydrogen (secondary N) is 1. The Kier molecular flexibility index (Phi) is 15.0. The van der Waals surface area contributed by atoms with Gasteiger partial charge in [-0.2, -0.15) is 0 Å². The summed E-state index contributed by atoms with van der Waals surface area (Å²) in [5.74, 6) is 0. The Morgan fingerprint density at radius 3 is 1.22 bits per heavy atom. The quantitative estimate of drug-likeness (QED) is 0.370. The van der Waals surface area contributed by atoms with Crippen LogP contribution in [0.4, 0.5) is 0 Å². The molecule has 9 heavy (non-hydrogen) atoms. The van der Waals surface area contributed by atoms with Crippen LogP contribution in [0.3, 0.4) is 0 Å². The summed E-state index contributed by atoms with van der Waals surface area (Å²) in [7, 11) is -0.889. The van der Waals surface area contributed by atoms with E-state index in [9.17, 15) is 0 Å². The molecule has 0 unspecified atom stereocenters. The summed E-state index contributed by atoms with van der Waals surface area (Å²) >= 11 is 0. The van der Waals surface area contributed by atoms with Crippen LogP contribution in [0.1, 0.15) is 0 Å². The van der Waals surface area contributed by atoms with Crippen molar-refractivity contribution in [3.63, 3.8) is 0 Å². The van der Waals surface area contributed by atoms with Crippen molar-refractivity contribution in [1.29, 1.82) is 0 Å². The molecule has 0 saturated heterocycles. The van der Waals surface area contributed by atoms with Gasteiger partial charge in [-0.05, 0) is 14.1 Å². The molecule has 0 aliphatic carbocycles. The molecule has 0 spiro atoms. The van der Waals surface area contributed by atoms with Crippen LogP contribution in [0, 0.1) is 0 Å². The molecule has 0 saturated carbocycles. The van der Waals surface area contributed by atoms with E-state index in [2.05, 4.69) is 5.32 Å². The van der Waals surface area contributed by atoms with Gasteiger partial charge in [0.2, 0.25) is 0 Å². The van der Waals surface area contributed by atoms with Crippen LogP contribution in [-0.4, -0.2) is 28.8 Å². The molecule has 7 heteroatoms. The molecule has 4 N–H and O–H groups in total. The fourth-order valence-electron chi connectivity index (χ4n) is 0. The van der Waals surface area contributed by atoms with Crippen molar-refractivity contribution >= 4 is 20.2 Å². The lowest BCUT2D eigenvalue weighted by molar-refractivity contribution is 0.275. The fraction of sp³-hybridized carbons (Fsp3) is 1.00. The molecule has 0 heterocycles. The van der Waals surface area contributed by atoms with Gasteiger partial charge < -0.3 is 20.0 Å². The van der Waals surface area contributed by atoms with Gasteiger partial charge in [0, 0.05) is 0 Å². The Labute approximate surface area is 59.7 Å². The van der Waals surface area contributed by atoms with Crippen molar-refractivity contribution in [2.24, 2.45) is 0 Å². The molecule has 0 fully saturated rings. The lowest BCUT2D eigenvalue weighted by Gasteiger charge is -1.82. The van der Waals surface area contributed by atoms with Crippen molar-refractivity contribution in [2.45, 2.75) is 0 Å². The maximum Gasteiger partial charge on any atom is 0.466 e. The van der Waals surface area contributed by atoms with E-state index < -0.39 is 7.82 Å². The highest BCUT2D eigenvalue weighted by atomic mass is 35.5. The number of phosphoric acid groups is 1. The minimum Gasteiger partial charge on any atom is -0.323 e. The molecule has 5 nitrogen and oxygen atoms in total. The molecule has 60 valence electrons. The molecule has 0 aromatic heterocycles. The van der Waals surface area contributed by atoms with E-state index in [1.807, 2.05) is 14.1 Å². The van der Waals surface area contributed by atoms with Gasteiger partial charge in [0.1, 0.15) is 0 Å². The number of halogens is 1. The largest absolute Gasteiger partial charge is 0.466 e. The molecular weight excluding hydrogens is 168 g/mol. The van der Waals surface area contributed by atoms with E-state index >= 15 is 0 Å². The van der Waals surface area contributed by atoms with Crippen LogP contribution in [0.2, 0.25) is 0 Å². The zero-order valence-corrected chi connectivity index (χ0v) is 6.82. The summed E-state index contributed by atoms with van der Waals surface area (Å²) in [6, 6.07) is 0. The third kappa shape index (κ3) is 2610. The van der Waals surface area contributed by atoms with Crippen molar-refractivity contribution < 1.29 is 19.2 Å². The molecule has 0 atom stereocenters. The normalized spacial score (nSPS) is 8.56. The summed E-state index contributed by atoms with van der Waals surface area (Å²) in [6.45, 7) is 0. The smallest absolute Gasteiger partial charge is 0.323 e. The third-order valence-electron chi connectivity index (χ3n) is 0. The minimum absolute atomic E-state index is 0. The number of rotatable bonds is 0. The van der Waals surface area contributed by atoms with Gasteiger partial charge in [-0.1, -0.05) is 0 Å². The van der Waals surface area contributed by atoms with Gasteiger partial charge in [-0.25, -0.2) is 4.57 Å². The second-order valence-electron chi connectivity index (χ2n) is 1.01. The topological polar surface area (TPSA) is 89.8 Å². The summed E-state index contributed by atoms with van der Waals surface area (Å²) in [5, 5.41) is 2.75. The predicted molar refractivity (Wildman–Crippen MR) is 36.5 cm³/mol. The van der Waals surface area contributed by atoms with Gasteiger partial charge in [0.15, 0.2) is 0 Å². The lowest BCUT2D eigenvalue weighted by Crippen LogP contribution is -1.89. The van der Waals surface area contributed by atoms with Crippen LogP contribution in [-0.2, 0) is 4.57 Å². The van der Waals surface area contributed by atoms with Crippen LogP contribution in [0.15, 0.2) is 0 Å². The standard InChI is InChI=1S/C2H7N.ClH.H3O4P/c1-3-2;;1-5(2,3)4/h3H,1-2H3;1H;(H3,1,2,3,4). The third-order valence-corrected chi connectivity index (χ3v) is 0. The van der Waals surface area contributed by atoms with E-state index in [4.69, 9.17) is 19.2 Å². The van der Waals surface area contributed by atoms with Crippen molar-refractivity contribution in [1.82, 2.24) is 5.32 Å². The zero-order valence-electron chi connectivity index (χ0n) is 5.11. The molecule has 0 amide bonds. The van der Waals surface area contributed by atoms with Crippen LogP contribution < -0.4 is 5.32 Å². The first-order valence-corrected chi connectivity index (χ1v) is 3.35. The molecule has 0 aliphatic rings. The predicted octanol–water partition coefficient (Wildman–Crippen LogP) is -0.671. The fourth-order valence-corrected chi connectivity index (χ4v) is 0. The van der Waals surface area contributed by atoms with Crippen LogP contribution in [0.5, 0.6) is 0 Å². The number of hydrogen-bond acceptors (Lipinski definition) is 2. The summed E-state index contributed by atoms with van der Waals surface area (Å²) < 4.78 is 8.88. The van der Waals surface area contributed by atoms with Gasteiger partial charge >= 0.3 is 7.82 Å². The van der Waals surface area contributed by atoms with E-state index in [1.165, 1.54) is 0 Å². The summed E-state index contributed by atoms with van der Waals surface area (Å²) in [4.78, 5) is 21.6. The first-order valence-electron chi connectivity index (χ1n) is 1.78. The Hall–Kier alpha value is 0.360. The van der Waals surface area contributed by atoms with Gasteiger partial charge in [-0.3, -0.25) is 0 Å². The van der Waals surface area contributed by atoms with E-state index in [0.29, 0.717) is 0 Å². The first kappa shape index (κ1) is 16.2. The molecule has 0 aromatic carbocycles. The molecule has 0 bridgehead atoms. The molecule has 0 aromatic rings. The van der Waals surface area contributed by atoms with Gasteiger partial charge in [-0.15, -0.1) is 12.4 Å². The highest BCUT2D eigenvalue weighted by Gasteiger charge is 2.00. The zero-order chi connectivity index (χ0) is 7.21. The second kappa shape index (κ2) is 8.36. The Morgan fingerprint density at radius 1 is 1.22 bits per heavy atom. The minimum atomic E-state index is -4.64. The molecular formula is C2H11ClNO4P. The van der Waals surface area contributed by atoms with E-state index in [1.54, 1.807) is 0 Å². The first-order chi connectivity index (χ1) is 3.41. The lowest BCUT2D eigenvalue weighted by atomic mass is 11.3. The van der Waals surface area contributed by atoms with Crippen molar-refractivity contribution in [3.05, 3.63) is 0 Å². The maximum absolute atomic E-state index is 8.88. The van der Waals surface area contributed by atoms with Gasteiger partial charge in [0.05, 0.1) is 0 Å². The van der Waals surface area contributed by atoms with Crippen molar-refractivity contribution in [2.75, 3.05) is 14.1 Å². The SMILES string of the molecule is CNC.Cl.O=P(O)(O)O. The van der Waals surface area contributed by atoms with Crippen LogP contribution >= 0.6 is 20.2 Å². The summed E-state index contributed by atoms with van der Waals surface area (Å²) in [6.07, 6.45) is 0. The van der Waals surface area contributed by atoms with Gasteiger partial charge in [0.25, 0.3) is 0 Å². The average Bonchev–Trinajstić information content (AvgIpc) is 1.27.